The third kappa shape index (κ3) is 5.40. The van der Waals surface area contributed by atoms with Crippen molar-refractivity contribution < 1.29 is 31.1 Å². The normalized spacial score (nSPS) is 20.0. The summed E-state index contributed by atoms with van der Waals surface area (Å²) >= 11 is 0. The first-order valence-electron chi connectivity index (χ1n) is 9.82. The van der Waals surface area contributed by atoms with Gasteiger partial charge in [0.05, 0.1) is 35.9 Å². The Morgan fingerprint density at radius 3 is 2.28 bits per heavy atom. The van der Waals surface area contributed by atoms with E-state index >= 15 is 0 Å². The second-order valence-corrected chi connectivity index (χ2v) is 11.9. The molecule has 2 aromatic carbocycles. The van der Waals surface area contributed by atoms with E-state index in [4.69, 9.17) is 9.47 Å². The molecule has 1 saturated heterocycles. The van der Waals surface area contributed by atoms with Crippen LogP contribution < -0.4 is 20.1 Å². The fraction of sp³-hybridized carbons (Fsp3) is 0.381. The number of methoxy groups -OCH3 is 2. The molecule has 2 N–H and O–H groups in total. The van der Waals surface area contributed by atoms with Crippen molar-refractivity contribution in [3.63, 3.8) is 0 Å². The fourth-order valence-corrected chi connectivity index (χ4v) is 8.37. The van der Waals surface area contributed by atoms with E-state index in [0.717, 1.165) is 5.56 Å². The number of anilines is 1. The zero-order valence-electron chi connectivity index (χ0n) is 18.0. The third-order valence-electron chi connectivity index (χ3n) is 5.22. The molecule has 3 rings (SSSR count). The van der Waals surface area contributed by atoms with Crippen molar-refractivity contribution in [3.8, 4) is 11.5 Å². The predicted octanol–water partition coefficient (Wildman–Crippen LogP) is 1.39. The van der Waals surface area contributed by atoms with E-state index < -0.39 is 36.7 Å². The van der Waals surface area contributed by atoms with Crippen LogP contribution in [-0.2, 0) is 31.0 Å². The second kappa shape index (κ2) is 9.47. The Morgan fingerprint density at radius 2 is 1.69 bits per heavy atom. The molecule has 0 saturated carbocycles. The highest BCUT2D eigenvalue weighted by Crippen LogP contribution is 2.29. The monoisotopic (exact) mass is 482 g/mol. The van der Waals surface area contributed by atoms with Gasteiger partial charge in [-0.15, -0.1) is 0 Å². The summed E-state index contributed by atoms with van der Waals surface area (Å²) in [6.45, 7) is 1.61. The van der Waals surface area contributed by atoms with Gasteiger partial charge in [-0.25, -0.2) is 16.8 Å². The quantitative estimate of drug-likeness (QED) is 0.578. The Labute approximate surface area is 188 Å². The van der Waals surface area contributed by atoms with Gasteiger partial charge in [-0.05, 0) is 42.0 Å². The highest BCUT2D eigenvalue weighted by molar-refractivity contribution is 7.96. The average molecular weight is 483 g/mol. The van der Waals surface area contributed by atoms with Gasteiger partial charge >= 0.3 is 0 Å². The van der Waals surface area contributed by atoms with Crippen molar-refractivity contribution in [2.24, 2.45) is 0 Å². The Balaban J connectivity index is 1.81. The van der Waals surface area contributed by atoms with E-state index in [-0.39, 0.29) is 23.1 Å². The number of carbonyl (C=O) groups is 1. The van der Waals surface area contributed by atoms with Crippen LogP contribution in [-0.4, -0.2) is 59.8 Å². The molecule has 174 valence electrons. The number of hydrogen-bond acceptors (Lipinski definition) is 8. The van der Waals surface area contributed by atoms with Crippen LogP contribution in [0.1, 0.15) is 12.5 Å². The second-order valence-electron chi connectivity index (χ2n) is 7.54. The maximum absolute atomic E-state index is 13.2. The van der Waals surface area contributed by atoms with Crippen molar-refractivity contribution >= 4 is 31.3 Å². The number of ether oxygens (including phenoxy) is 2. The van der Waals surface area contributed by atoms with Crippen LogP contribution >= 0.6 is 0 Å². The van der Waals surface area contributed by atoms with Gasteiger partial charge in [0, 0.05) is 25.2 Å². The Bertz CT molecular complexity index is 1190. The lowest BCUT2D eigenvalue weighted by atomic mass is 10.1. The standard InChI is InChI=1S/C21H26N2O7S2/c1-14(24)23-16-5-7-17(8-6-16)32(27,28)21-13-31(25,26)12-18(21)22-11-15-4-9-19(29-2)20(10-15)30-3/h4-10,18,21-22H,11-13H2,1-3H3,(H,23,24)/t18-,21-/m0/s1. The molecule has 1 heterocycles. The first-order valence-corrected chi connectivity index (χ1v) is 13.2. The largest absolute Gasteiger partial charge is 0.493 e. The minimum Gasteiger partial charge on any atom is -0.493 e. The molecule has 32 heavy (non-hydrogen) atoms. The fourth-order valence-electron chi connectivity index (χ4n) is 3.66. The molecular formula is C21H26N2O7S2. The first-order chi connectivity index (χ1) is 15.1. The summed E-state index contributed by atoms with van der Waals surface area (Å²) in [6.07, 6.45) is 0. The summed E-state index contributed by atoms with van der Waals surface area (Å²) in [7, 11) is -4.42. The highest BCUT2D eigenvalue weighted by atomic mass is 32.2. The number of rotatable bonds is 8. The lowest BCUT2D eigenvalue weighted by Crippen LogP contribution is -2.43. The number of amides is 1. The van der Waals surface area contributed by atoms with Crippen LogP contribution in [0, 0.1) is 0 Å². The van der Waals surface area contributed by atoms with E-state index in [9.17, 15) is 21.6 Å². The topological polar surface area (TPSA) is 128 Å². The van der Waals surface area contributed by atoms with Crippen LogP contribution in [0.3, 0.4) is 0 Å². The Hall–Kier alpha value is -2.63. The Morgan fingerprint density at radius 1 is 1.03 bits per heavy atom. The molecule has 2 aromatic rings. The maximum Gasteiger partial charge on any atom is 0.221 e. The van der Waals surface area contributed by atoms with Gasteiger partial charge in [-0.3, -0.25) is 4.79 Å². The van der Waals surface area contributed by atoms with Crippen molar-refractivity contribution in [1.82, 2.24) is 5.32 Å². The lowest BCUT2D eigenvalue weighted by molar-refractivity contribution is -0.114. The summed E-state index contributed by atoms with van der Waals surface area (Å²) in [5.41, 5.74) is 1.25. The van der Waals surface area contributed by atoms with Crippen LogP contribution in [0.25, 0.3) is 0 Å². The summed E-state index contributed by atoms with van der Waals surface area (Å²) in [4.78, 5) is 11.2. The lowest BCUT2D eigenvalue weighted by Gasteiger charge is -2.20. The average Bonchev–Trinajstić information content (AvgIpc) is 3.07. The molecule has 1 amide bonds. The van der Waals surface area contributed by atoms with E-state index in [1.807, 2.05) is 0 Å². The number of carbonyl (C=O) groups excluding carboxylic acids is 1. The molecule has 0 radical (unpaired) electrons. The van der Waals surface area contributed by atoms with E-state index in [0.29, 0.717) is 17.2 Å². The molecule has 11 heteroatoms. The van der Waals surface area contributed by atoms with Gasteiger partial charge < -0.3 is 20.1 Å². The Kier molecular flexibility index (Phi) is 7.11. The van der Waals surface area contributed by atoms with Gasteiger partial charge in [0.25, 0.3) is 0 Å². The molecule has 0 spiro atoms. The minimum atomic E-state index is -3.93. The zero-order valence-corrected chi connectivity index (χ0v) is 19.6. The van der Waals surface area contributed by atoms with Crippen LogP contribution in [0.5, 0.6) is 11.5 Å². The van der Waals surface area contributed by atoms with Gasteiger partial charge in [-0.2, -0.15) is 0 Å². The summed E-state index contributed by atoms with van der Waals surface area (Å²) in [5.74, 6) is 0.0830. The smallest absolute Gasteiger partial charge is 0.221 e. The van der Waals surface area contributed by atoms with Crippen molar-refractivity contribution in [1.29, 1.82) is 0 Å². The number of hydrogen-bond donors (Lipinski definition) is 2. The third-order valence-corrected chi connectivity index (χ3v) is 9.39. The molecule has 9 nitrogen and oxygen atoms in total. The molecule has 1 aliphatic rings. The van der Waals surface area contributed by atoms with Gasteiger partial charge in [0.2, 0.25) is 5.91 Å². The predicted molar refractivity (Wildman–Crippen MR) is 121 cm³/mol. The van der Waals surface area contributed by atoms with E-state index in [1.54, 1.807) is 18.2 Å². The minimum absolute atomic E-state index is 0.00613. The summed E-state index contributed by atoms with van der Waals surface area (Å²) in [6, 6.07) is 10.2. The highest BCUT2D eigenvalue weighted by Gasteiger charge is 2.45. The van der Waals surface area contributed by atoms with Crippen LogP contribution in [0.2, 0.25) is 0 Å². The van der Waals surface area contributed by atoms with Crippen molar-refractivity contribution in [2.45, 2.75) is 29.7 Å². The molecule has 1 aliphatic heterocycles. The van der Waals surface area contributed by atoms with Crippen molar-refractivity contribution in [2.75, 3.05) is 31.0 Å². The maximum atomic E-state index is 13.2. The van der Waals surface area contributed by atoms with E-state index in [2.05, 4.69) is 10.6 Å². The molecule has 0 aliphatic carbocycles. The molecule has 0 bridgehead atoms. The molecule has 0 aromatic heterocycles. The SMILES string of the molecule is COc1ccc(CN[C@H]2CS(=O)(=O)C[C@@H]2S(=O)(=O)c2ccc(NC(C)=O)cc2)cc1OC. The van der Waals surface area contributed by atoms with Gasteiger partial charge in [0.15, 0.2) is 31.2 Å². The molecule has 0 unspecified atom stereocenters. The number of benzene rings is 2. The number of nitrogens with one attached hydrogen (secondary N) is 2. The summed E-state index contributed by atoms with van der Waals surface area (Å²) < 4.78 is 61.6. The molecular weight excluding hydrogens is 456 g/mol. The summed E-state index contributed by atoms with van der Waals surface area (Å²) in [5, 5.41) is 4.54. The van der Waals surface area contributed by atoms with Crippen LogP contribution in [0.15, 0.2) is 47.4 Å². The van der Waals surface area contributed by atoms with Crippen LogP contribution in [0.4, 0.5) is 5.69 Å². The van der Waals surface area contributed by atoms with E-state index in [1.165, 1.54) is 45.4 Å². The van der Waals surface area contributed by atoms with Crippen molar-refractivity contribution in [3.05, 3.63) is 48.0 Å². The molecule has 1 fully saturated rings. The number of sulfone groups is 2. The van der Waals surface area contributed by atoms with Gasteiger partial charge in [0.1, 0.15) is 0 Å². The molecule has 2 atom stereocenters. The first kappa shape index (κ1) is 24.0. The van der Waals surface area contributed by atoms with Gasteiger partial charge in [-0.1, -0.05) is 6.07 Å². The zero-order chi connectivity index (χ0) is 23.5.